The van der Waals surface area contributed by atoms with E-state index >= 15 is 0 Å². The molecule has 1 aliphatic heterocycles. The van der Waals surface area contributed by atoms with E-state index in [9.17, 15) is 4.79 Å². The molecule has 1 amide bonds. The number of carbonyl (C=O) groups excluding carboxylic acids is 1. The monoisotopic (exact) mass is 354 g/mol. The zero-order valence-corrected chi connectivity index (χ0v) is 15.7. The lowest BCUT2D eigenvalue weighted by atomic mass is 9.90. The van der Waals surface area contributed by atoms with Gasteiger partial charge in [-0.05, 0) is 32.1 Å². The van der Waals surface area contributed by atoms with Gasteiger partial charge >= 0.3 is 0 Å². The molecule has 1 unspecified atom stereocenters. The first kappa shape index (κ1) is 18.6. The Balaban J connectivity index is 1.90. The molecule has 0 aromatic carbocycles. The Labute approximate surface area is 156 Å². The molecule has 1 fully saturated rings. The topological polar surface area (TPSA) is 41.4 Å². The summed E-state index contributed by atoms with van der Waals surface area (Å²) >= 11 is 0. The molecule has 1 saturated heterocycles. The van der Waals surface area contributed by atoms with Crippen molar-refractivity contribution in [2.75, 3.05) is 26.2 Å². The normalized spacial score (nSPS) is 19.4. The molecule has 1 aliphatic carbocycles. The highest BCUT2D eigenvalue weighted by atomic mass is 16.2. The molecule has 0 saturated carbocycles. The zero-order chi connectivity index (χ0) is 18.5. The Bertz CT molecular complexity index is 674. The maximum Gasteiger partial charge on any atom is 0.274 e. The lowest BCUT2D eigenvalue weighted by Gasteiger charge is -2.33. The predicted molar refractivity (Wildman–Crippen MR) is 105 cm³/mol. The van der Waals surface area contributed by atoms with E-state index in [1.165, 1.54) is 5.69 Å². The molecular weight excluding hydrogens is 324 g/mol. The van der Waals surface area contributed by atoms with Crippen LogP contribution in [-0.2, 0) is 19.4 Å². The highest BCUT2D eigenvalue weighted by molar-refractivity contribution is 5.94. The quantitative estimate of drug-likeness (QED) is 0.674. The van der Waals surface area contributed by atoms with Gasteiger partial charge < -0.3 is 4.90 Å². The van der Waals surface area contributed by atoms with Crippen LogP contribution in [0.15, 0.2) is 38.0 Å². The van der Waals surface area contributed by atoms with Crippen molar-refractivity contribution in [1.82, 2.24) is 19.6 Å². The number of nitrogens with zero attached hydrogens (tertiary/aromatic N) is 4. The summed E-state index contributed by atoms with van der Waals surface area (Å²) in [5.41, 5.74) is 3.00. The molecule has 1 aromatic heterocycles. The van der Waals surface area contributed by atoms with Gasteiger partial charge in [0.1, 0.15) is 0 Å². The first-order chi connectivity index (χ1) is 12.7. The molecule has 5 heteroatoms. The number of fused-ring (bicyclic) bond motifs is 1. The fraction of sp³-hybridized carbons (Fsp3) is 0.524. The van der Waals surface area contributed by atoms with Gasteiger partial charge in [0.05, 0.1) is 6.54 Å². The molecule has 0 spiro atoms. The van der Waals surface area contributed by atoms with Crippen LogP contribution in [0.1, 0.15) is 41.0 Å². The van der Waals surface area contributed by atoms with Gasteiger partial charge in [0, 0.05) is 43.5 Å². The van der Waals surface area contributed by atoms with Gasteiger partial charge in [0.25, 0.3) is 5.91 Å². The van der Waals surface area contributed by atoms with E-state index in [0.29, 0.717) is 18.3 Å². The Morgan fingerprint density at radius 1 is 1.15 bits per heavy atom. The van der Waals surface area contributed by atoms with E-state index in [1.807, 2.05) is 27.8 Å². The van der Waals surface area contributed by atoms with E-state index in [4.69, 9.17) is 5.10 Å². The second-order valence-corrected chi connectivity index (χ2v) is 7.17. The summed E-state index contributed by atoms with van der Waals surface area (Å²) in [5.74, 6) is 0.0983. The molecule has 0 N–H and O–H groups in total. The van der Waals surface area contributed by atoms with Gasteiger partial charge in [-0.25, -0.2) is 0 Å². The lowest BCUT2D eigenvalue weighted by molar-refractivity contribution is 0.0784. The second-order valence-electron chi connectivity index (χ2n) is 7.17. The maximum absolute atomic E-state index is 13.0. The number of allylic oxidation sites excluding steroid dienone is 1. The smallest absolute Gasteiger partial charge is 0.274 e. The van der Waals surface area contributed by atoms with Crippen LogP contribution in [0, 0.1) is 0 Å². The van der Waals surface area contributed by atoms with E-state index in [0.717, 1.165) is 63.8 Å². The minimum absolute atomic E-state index is 0.0983. The molecule has 140 valence electrons. The molecule has 0 radical (unpaired) electrons. The van der Waals surface area contributed by atoms with Crippen LogP contribution in [0.4, 0.5) is 0 Å². The Hall–Kier alpha value is -2.14. The predicted octanol–water partition coefficient (Wildman–Crippen LogP) is 2.84. The SMILES string of the molecule is C=CCN(CC=C)C1CCc2c(c(C(=O)N3CCCC3)nn2CC=C)C1. The number of carbonyl (C=O) groups is 1. The number of likely N-dealkylation sites (tertiary alicyclic amines) is 1. The summed E-state index contributed by atoms with van der Waals surface area (Å²) < 4.78 is 1.98. The summed E-state index contributed by atoms with van der Waals surface area (Å²) in [7, 11) is 0. The molecular formula is C21H30N4O. The second kappa shape index (κ2) is 8.49. The molecule has 1 aromatic rings. The summed E-state index contributed by atoms with van der Waals surface area (Å²) in [6.07, 6.45) is 10.8. The van der Waals surface area contributed by atoms with Crippen LogP contribution in [0.3, 0.4) is 0 Å². The van der Waals surface area contributed by atoms with Gasteiger partial charge in [-0.1, -0.05) is 18.2 Å². The molecule has 5 nitrogen and oxygen atoms in total. The van der Waals surface area contributed by atoms with Crippen molar-refractivity contribution in [2.45, 2.75) is 44.7 Å². The van der Waals surface area contributed by atoms with Gasteiger partial charge in [-0.15, -0.1) is 19.7 Å². The highest BCUT2D eigenvalue weighted by Gasteiger charge is 2.33. The average molecular weight is 354 g/mol. The third-order valence-electron chi connectivity index (χ3n) is 5.46. The summed E-state index contributed by atoms with van der Waals surface area (Å²) in [6, 6.07) is 0.394. The number of aromatic nitrogens is 2. The van der Waals surface area contributed by atoms with Crippen LogP contribution in [0.5, 0.6) is 0 Å². The van der Waals surface area contributed by atoms with Crippen molar-refractivity contribution >= 4 is 5.91 Å². The van der Waals surface area contributed by atoms with Crippen molar-refractivity contribution in [3.63, 3.8) is 0 Å². The molecule has 0 bridgehead atoms. The summed E-state index contributed by atoms with van der Waals surface area (Å²) in [4.78, 5) is 17.4. The van der Waals surface area contributed by atoms with Crippen LogP contribution >= 0.6 is 0 Å². The Morgan fingerprint density at radius 2 is 1.85 bits per heavy atom. The lowest BCUT2D eigenvalue weighted by Crippen LogP contribution is -2.40. The molecule has 2 heterocycles. The van der Waals surface area contributed by atoms with Crippen LogP contribution in [0.25, 0.3) is 0 Å². The average Bonchev–Trinajstić information content (AvgIpc) is 3.30. The molecule has 2 aliphatic rings. The first-order valence-corrected chi connectivity index (χ1v) is 9.64. The van der Waals surface area contributed by atoms with Gasteiger partial charge in [0.15, 0.2) is 5.69 Å². The van der Waals surface area contributed by atoms with E-state index in [1.54, 1.807) is 0 Å². The third-order valence-corrected chi connectivity index (χ3v) is 5.46. The minimum Gasteiger partial charge on any atom is -0.337 e. The van der Waals surface area contributed by atoms with Crippen molar-refractivity contribution < 1.29 is 4.79 Å². The van der Waals surface area contributed by atoms with Gasteiger partial charge in [-0.2, -0.15) is 5.10 Å². The number of hydrogen-bond donors (Lipinski definition) is 0. The molecule has 26 heavy (non-hydrogen) atoms. The Morgan fingerprint density at radius 3 is 2.46 bits per heavy atom. The third kappa shape index (κ3) is 3.68. The van der Waals surface area contributed by atoms with Gasteiger partial charge in [-0.3, -0.25) is 14.4 Å². The number of amides is 1. The standard InChI is InChI=1S/C21H30N4O/c1-4-11-23(12-5-2)17-9-10-19-18(16-17)20(22-25(19)13-6-3)21(26)24-14-7-8-15-24/h4-6,17H,1-3,7-16H2. The van der Waals surface area contributed by atoms with Crippen molar-refractivity contribution in [3.8, 4) is 0 Å². The zero-order valence-electron chi connectivity index (χ0n) is 15.7. The van der Waals surface area contributed by atoms with Crippen molar-refractivity contribution in [2.24, 2.45) is 0 Å². The van der Waals surface area contributed by atoms with Crippen LogP contribution < -0.4 is 0 Å². The minimum atomic E-state index is 0.0983. The van der Waals surface area contributed by atoms with Gasteiger partial charge in [0.2, 0.25) is 0 Å². The fourth-order valence-electron chi connectivity index (χ4n) is 4.20. The van der Waals surface area contributed by atoms with Crippen LogP contribution in [0.2, 0.25) is 0 Å². The maximum atomic E-state index is 13.0. The van der Waals surface area contributed by atoms with E-state index in [2.05, 4.69) is 24.6 Å². The van der Waals surface area contributed by atoms with Crippen molar-refractivity contribution in [3.05, 3.63) is 54.9 Å². The fourth-order valence-corrected chi connectivity index (χ4v) is 4.20. The first-order valence-electron chi connectivity index (χ1n) is 9.64. The van der Waals surface area contributed by atoms with E-state index < -0.39 is 0 Å². The number of hydrogen-bond acceptors (Lipinski definition) is 3. The molecule has 3 rings (SSSR count). The number of rotatable bonds is 8. The molecule has 1 atom stereocenters. The summed E-state index contributed by atoms with van der Waals surface area (Å²) in [6.45, 7) is 15.6. The van der Waals surface area contributed by atoms with E-state index in [-0.39, 0.29) is 5.91 Å². The Kier molecular flexibility index (Phi) is 6.09. The van der Waals surface area contributed by atoms with Crippen LogP contribution in [-0.4, -0.2) is 57.7 Å². The summed E-state index contributed by atoms with van der Waals surface area (Å²) in [5, 5.41) is 4.71. The highest BCUT2D eigenvalue weighted by Crippen LogP contribution is 2.29. The largest absolute Gasteiger partial charge is 0.337 e. The van der Waals surface area contributed by atoms with Crippen molar-refractivity contribution in [1.29, 1.82) is 0 Å².